The number of unbranched alkanes of at least 4 members (excludes halogenated alkanes) is 1. The van der Waals surface area contributed by atoms with E-state index in [0.29, 0.717) is 13.0 Å². The van der Waals surface area contributed by atoms with Crippen molar-refractivity contribution in [2.75, 3.05) is 6.61 Å². The summed E-state index contributed by atoms with van der Waals surface area (Å²) in [6.45, 7) is 2.15. The molecule has 0 spiro atoms. The van der Waals surface area contributed by atoms with Crippen LogP contribution in [-0.2, 0) is 9.53 Å². The van der Waals surface area contributed by atoms with Crippen molar-refractivity contribution in [1.82, 2.24) is 0 Å². The molecule has 0 atom stereocenters. The van der Waals surface area contributed by atoms with Gasteiger partial charge in [-0.05, 0) is 19.4 Å². The van der Waals surface area contributed by atoms with Gasteiger partial charge in [-0.15, -0.1) is 18.1 Å². The third-order valence-electron chi connectivity index (χ3n) is 1.04. The fourth-order valence-corrected chi connectivity index (χ4v) is 0.550. The first-order chi connectivity index (χ1) is 5.81. The highest BCUT2D eigenvalue weighted by atomic mass is 16.5. The molecule has 0 aromatic heterocycles. The first kappa shape index (κ1) is 10.6. The second kappa shape index (κ2) is 7.65. The Morgan fingerprint density at radius 3 is 3.00 bits per heavy atom. The summed E-state index contributed by atoms with van der Waals surface area (Å²) < 4.78 is 4.63. The minimum absolute atomic E-state index is 0.366. The molecule has 0 aliphatic heterocycles. The lowest BCUT2D eigenvalue weighted by molar-refractivity contribution is -0.137. The molecule has 0 heterocycles. The van der Waals surface area contributed by atoms with Crippen LogP contribution >= 0.6 is 0 Å². The van der Waals surface area contributed by atoms with Crippen LogP contribution in [0.1, 0.15) is 19.8 Å². The van der Waals surface area contributed by atoms with Crippen LogP contribution in [0.4, 0.5) is 0 Å². The Morgan fingerprint density at radius 2 is 2.42 bits per heavy atom. The van der Waals surface area contributed by atoms with Crippen LogP contribution in [0.2, 0.25) is 0 Å². The van der Waals surface area contributed by atoms with Gasteiger partial charge >= 0.3 is 5.97 Å². The second-order valence-electron chi connectivity index (χ2n) is 2.01. The molecule has 0 aromatic rings. The number of ether oxygens (including phenoxy) is 1. The van der Waals surface area contributed by atoms with Crippen LogP contribution in [0.25, 0.3) is 0 Å². The molecule has 0 aromatic carbocycles. The lowest BCUT2D eigenvalue weighted by Gasteiger charge is -1.91. The van der Waals surface area contributed by atoms with E-state index in [1.807, 2.05) is 0 Å². The third kappa shape index (κ3) is 6.67. The minimum Gasteiger partial charge on any atom is -0.462 e. The molecule has 0 fully saturated rings. The Hall–Kier alpha value is -1.45. The largest absolute Gasteiger partial charge is 0.462 e. The normalized spacial score (nSPS) is 7.67. The smallest absolute Gasteiger partial charge is 0.338 e. The third-order valence-corrected chi connectivity index (χ3v) is 1.04. The maximum Gasteiger partial charge on any atom is 0.338 e. The summed E-state index contributed by atoms with van der Waals surface area (Å²) in [5.74, 6) is 2.11. The van der Waals surface area contributed by atoms with E-state index in [1.54, 1.807) is 13.0 Å². The molecule has 0 rings (SSSR count). The van der Waals surface area contributed by atoms with Gasteiger partial charge in [0.15, 0.2) is 0 Å². The minimum atomic E-state index is -0.366. The predicted molar refractivity (Wildman–Crippen MR) is 47.4 cm³/mol. The van der Waals surface area contributed by atoms with E-state index in [0.717, 1.165) is 6.42 Å². The molecule has 0 amide bonds. The molecule has 0 aliphatic carbocycles. The van der Waals surface area contributed by atoms with Crippen molar-refractivity contribution in [3.63, 3.8) is 0 Å². The zero-order valence-electron chi connectivity index (χ0n) is 7.17. The number of terminal acetylenes is 1. The van der Waals surface area contributed by atoms with Crippen LogP contribution < -0.4 is 0 Å². The quantitative estimate of drug-likeness (QED) is 0.208. The first-order valence-electron chi connectivity index (χ1n) is 3.82. The summed E-state index contributed by atoms with van der Waals surface area (Å²) in [7, 11) is 0. The van der Waals surface area contributed by atoms with Crippen LogP contribution in [0, 0.1) is 12.3 Å². The standard InChI is InChI=1S/C10H12O2/c1-3-5-6-7-8-9-10(11)12-4-2/h1,7,9H,4-6H2,2H3. The number of rotatable bonds is 4. The Bertz CT molecular complexity index is 227. The van der Waals surface area contributed by atoms with Crippen molar-refractivity contribution in [1.29, 1.82) is 0 Å². The molecular formula is C10H12O2. The van der Waals surface area contributed by atoms with Gasteiger partial charge in [-0.3, -0.25) is 0 Å². The summed E-state index contributed by atoms with van der Waals surface area (Å²) in [6.07, 6.45) is 9.41. The van der Waals surface area contributed by atoms with E-state index in [4.69, 9.17) is 6.42 Å². The van der Waals surface area contributed by atoms with Crippen molar-refractivity contribution in [2.24, 2.45) is 0 Å². The molecule has 2 heteroatoms. The monoisotopic (exact) mass is 164 g/mol. The van der Waals surface area contributed by atoms with Crippen LogP contribution in [0.15, 0.2) is 17.9 Å². The highest BCUT2D eigenvalue weighted by molar-refractivity contribution is 5.81. The number of carbonyl (C=O) groups is 1. The lowest BCUT2D eigenvalue weighted by atomic mass is 10.3. The highest BCUT2D eigenvalue weighted by Crippen LogP contribution is 1.86. The molecule has 0 aliphatic rings. The van der Waals surface area contributed by atoms with Crippen molar-refractivity contribution >= 4 is 5.97 Å². The molecule has 0 bridgehead atoms. The van der Waals surface area contributed by atoms with E-state index in [-0.39, 0.29) is 5.97 Å². The van der Waals surface area contributed by atoms with Crippen molar-refractivity contribution in [2.45, 2.75) is 19.8 Å². The average Bonchev–Trinajstić information content (AvgIpc) is 2.05. The predicted octanol–water partition coefficient (Wildman–Crippen LogP) is 1.67. The number of esters is 1. The van der Waals surface area contributed by atoms with Crippen molar-refractivity contribution in [3.8, 4) is 12.3 Å². The molecule has 0 saturated carbocycles. The Balaban J connectivity index is 3.66. The van der Waals surface area contributed by atoms with E-state index in [2.05, 4.69) is 16.4 Å². The summed E-state index contributed by atoms with van der Waals surface area (Å²) in [4.78, 5) is 10.7. The van der Waals surface area contributed by atoms with E-state index < -0.39 is 0 Å². The van der Waals surface area contributed by atoms with Crippen molar-refractivity contribution < 1.29 is 9.53 Å². The SMILES string of the molecule is C#CCCC=C=CC(=O)OCC. The molecule has 12 heavy (non-hydrogen) atoms. The highest BCUT2D eigenvalue weighted by Gasteiger charge is 1.89. The molecule has 0 N–H and O–H groups in total. The molecule has 0 unspecified atom stereocenters. The van der Waals surface area contributed by atoms with Gasteiger partial charge in [-0.25, -0.2) is 4.79 Å². The molecule has 0 radical (unpaired) electrons. The molecule has 0 saturated heterocycles. The summed E-state index contributed by atoms with van der Waals surface area (Å²) in [5, 5.41) is 0. The van der Waals surface area contributed by atoms with Gasteiger partial charge in [0.2, 0.25) is 0 Å². The maximum absolute atomic E-state index is 10.7. The van der Waals surface area contributed by atoms with Gasteiger partial charge in [-0.2, -0.15) is 0 Å². The second-order valence-corrected chi connectivity index (χ2v) is 2.01. The zero-order valence-corrected chi connectivity index (χ0v) is 7.17. The zero-order chi connectivity index (χ0) is 9.23. The average molecular weight is 164 g/mol. The van der Waals surface area contributed by atoms with Gasteiger partial charge in [-0.1, -0.05) is 0 Å². The number of hydrogen-bond acceptors (Lipinski definition) is 2. The van der Waals surface area contributed by atoms with Crippen LogP contribution in [0.5, 0.6) is 0 Å². The summed E-state index contributed by atoms with van der Waals surface area (Å²) in [6, 6.07) is 0. The molecule has 2 nitrogen and oxygen atoms in total. The Kier molecular flexibility index (Phi) is 6.73. The fourth-order valence-electron chi connectivity index (χ4n) is 0.550. The molecular weight excluding hydrogens is 152 g/mol. The maximum atomic E-state index is 10.7. The Labute approximate surface area is 72.9 Å². The fraction of sp³-hybridized carbons (Fsp3) is 0.400. The summed E-state index contributed by atoms with van der Waals surface area (Å²) in [5.41, 5.74) is 2.68. The topological polar surface area (TPSA) is 26.3 Å². The summed E-state index contributed by atoms with van der Waals surface area (Å²) >= 11 is 0. The van der Waals surface area contributed by atoms with E-state index in [9.17, 15) is 4.79 Å². The Morgan fingerprint density at radius 1 is 1.67 bits per heavy atom. The van der Waals surface area contributed by atoms with Gasteiger partial charge in [0.1, 0.15) is 0 Å². The van der Waals surface area contributed by atoms with E-state index in [1.165, 1.54) is 6.08 Å². The van der Waals surface area contributed by atoms with Gasteiger partial charge < -0.3 is 4.74 Å². The van der Waals surface area contributed by atoms with Gasteiger partial charge in [0.25, 0.3) is 0 Å². The number of hydrogen-bond donors (Lipinski definition) is 0. The van der Waals surface area contributed by atoms with E-state index >= 15 is 0 Å². The van der Waals surface area contributed by atoms with Crippen LogP contribution in [0.3, 0.4) is 0 Å². The number of carbonyl (C=O) groups excluding carboxylic acids is 1. The van der Waals surface area contributed by atoms with Gasteiger partial charge in [0.05, 0.1) is 12.7 Å². The lowest BCUT2D eigenvalue weighted by Crippen LogP contribution is -1.97. The van der Waals surface area contributed by atoms with Crippen LogP contribution in [-0.4, -0.2) is 12.6 Å². The first-order valence-corrected chi connectivity index (χ1v) is 3.82. The van der Waals surface area contributed by atoms with Crippen molar-refractivity contribution in [3.05, 3.63) is 17.9 Å². The van der Waals surface area contributed by atoms with Gasteiger partial charge in [0, 0.05) is 6.42 Å². The molecule has 64 valence electrons.